The third kappa shape index (κ3) is 4.07. The number of hydrogen-bond acceptors (Lipinski definition) is 4. The Labute approximate surface area is 134 Å². The van der Waals surface area contributed by atoms with Gasteiger partial charge >= 0.3 is 0 Å². The van der Waals surface area contributed by atoms with Crippen LogP contribution in [0.1, 0.15) is 33.1 Å². The molecule has 6 heteroatoms. The van der Waals surface area contributed by atoms with Gasteiger partial charge in [0.15, 0.2) is 0 Å². The molecular weight excluding hydrogens is 334 g/mol. The van der Waals surface area contributed by atoms with Crippen molar-refractivity contribution in [3.8, 4) is 0 Å². The maximum absolute atomic E-state index is 12.2. The van der Waals surface area contributed by atoms with Gasteiger partial charge in [-0.25, -0.2) is 4.68 Å². The highest BCUT2D eigenvalue weighted by atomic mass is 79.9. The Morgan fingerprint density at radius 2 is 2.19 bits per heavy atom. The number of anilines is 1. The van der Waals surface area contributed by atoms with E-state index in [-0.39, 0.29) is 5.56 Å². The van der Waals surface area contributed by atoms with E-state index in [4.69, 9.17) is 4.74 Å². The van der Waals surface area contributed by atoms with Crippen LogP contribution in [0.4, 0.5) is 5.69 Å². The molecule has 1 aromatic heterocycles. The lowest BCUT2D eigenvalue weighted by Crippen LogP contribution is -2.32. The van der Waals surface area contributed by atoms with E-state index in [0.717, 1.165) is 24.4 Å². The molecule has 1 saturated carbocycles. The average molecular weight is 358 g/mol. The largest absolute Gasteiger partial charge is 0.383 e. The van der Waals surface area contributed by atoms with Crippen molar-refractivity contribution in [3.63, 3.8) is 0 Å². The van der Waals surface area contributed by atoms with Crippen molar-refractivity contribution in [2.45, 2.75) is 45.7 Å². The van der Waals surface area contributed by atoms with Crippen LogP contribution in [0, 0.1) is 11.8 Å². The molecule has 0 aliphatic heterocycles. The highest BCUT2D eigenvalue weighted by molar-refractivity contribution is 9.10. The van der Waals surface area contributed by atoms with Crippen LogP contribution in [0.25, 0.3) is 0 Å². The van der Waals surface area contributed by atoms with Gasteiger partial charge in [0, 0.05) is 13.2 Å². The van der Waals surface area contributed by atoms with Gasteiger partial charge in [-0.05, 0) is 47.0 Å². The molecule has 0 aromatic carbocycles. The summed E-state index contributed by atoms with van der Waals surface area (Å²) < 4.78 is 6.96. The van der Waals surface area contributed by atoms with Crippen LogP contribution < -0.4 is 10.9 Å². The van der Waals surface area contributed by atoms with E-state index >= 15 is 0 Å². The number of methoxy groups -OCH3 is 1. The van der Waals surface area contributed by atoms with Gasteiger partial charge in [0.1, 0.15) is 4.47 Å². The van der Waals surface area contributed by atoms with Crippen molar-refractivity contribution in [2.24, 2.45) is 11.8 Å². The lowest BCUT2D eigenvalue weighted by atomic mass is 9.79. The molecular formula is C15H24BrN3O2. The zero-order valence-electron chi connectivity index (χ0n) is 12.9. The summed E-state index contributed by atoms with van der Waals surface area (Å²) in [7, 11) is 1.61. The van der Waals surface area contributed by atoms with E-state index in [1.54, 1.807) is 13.3 Å². The highest BCUT2D eigenvalue weighted by Crippen LogP contribution is 2.31. The standard InChI is InChI=1S/C15H24BrN3O2/c1-10-4-5-12(8-11(10)2)18-13-9-17-19(6-7-21-3)15(20)14(13)16/h9-12,18H,4-8H2,1-3H3. The van der Waals surface area contributed by atoms with Crippen molar-refractivity contribution >= 4 is 21.6 Å². The molecule has 1 heterocycles. The fourth-order valence-corrected chi connectivity index (χ4v) is 3.22. The van der Waals surface area contributed by atoms with Crippen molar-refractivity contribution in [2.75, 3.05) is 19.0 Å². The van der Waals surface area contributed by atoms with Crippen LogP contribution >= 0.6 is 15.9 Å². The van der Waals surface area contributed by atoms with E-state index in [0.29, 0.717) is 29.6 Å². The van der Waals surface area contributed by atoms with E-state index in [9.17, 15) is 4.79 Å². The summed E-state index contributed by atoms with van der Waals surface area (Å²) >= 11 is 3.40. The summed E-state index contributed by atoms with van der Waals surface area (Å²) in [4.78, 5) is 12.2. The molecule has 3 atom stereocenters. The van der Waals surface area contributed by atoms with Gasteiger partial charge < -0.3 is 10.1 Å². The quantitative estimate of drug-likeness (QED) is 0.880. The summed E-state index contributed by atoms with van der Waals surface area (Å²) in [5.41, 5.74) is 0.676. The molecule has 0 amide bonds. The minimum absolute atomic E-state index is 0.116. The second-order valence-electron chi connectivity index (χ2n) is 6.00. The van der Waals surface area contributed by atoms with Crippen molar-refractivity contribution in [3.05, 3.63) is 21.0 Å². The molecule has 1 aliphatic carbocycles. The normalized spacial score (nSPS) is 25.8. The van der Waals surface area contributed by atoms with Crippen LogP contribution in [0.2, 0.25) is 0 Å². The molecule has 0 spiro atoms. The smallest absolute Gasteiger partial charge is 0.283 e. The van der Waals surface area contributed by atoms with Crippen LogP contribution in [-0.2, 0) is 11.3 Å². The van der Waals surface area contributed by atoms with E-state index in [1.165, 1.54) is 11.1 Å². The molecule has 2 rings (SSSR count). The zero-order chi connectivity index (χ0) is 15.4. The molecule has 21 heavy (non-hydrogen) atoms. The Balaban J connectivity index is 2.07. The molecule has 0 bridgehead atoms. The Kier molecular flexibility index (Phi) is 5.81. The van der Waals surface area contributed by atoms with Gasteiger partial charge in [-0.1, -0.05) is 13.8 Å². The van der Waals surface area contributed by atoms with Crippen molar-refractivity contribution < 1.29 is 4.74 Å². The Morgan fingerprint density at radius 1 is 1.43 bits per heavy atom. The number of halogens is 1. The average Bonchev–Trinajstić information content (AvgIpc) is 2.47. The lowest BCUT2D eigenvalue weighted by Gasteiger charge is -2.33. The third-order valence-corrected chi connectivity index (χ3v) is 5.22. The second-order valence-corrected chi connectivity index (χ2v) is 6.80. The summed E-state index contributed by atoms with van der Waals surface area (Å²) in [6, 6.07) is 0.420. The fraction of sp³-hybridized carbons (Fsp3) is 0.733. The van der Waals surface area contributed by atoms with E-state index in [2.05, 4.69) is 40.2 Å². The highest BCUT2D eigenvalue weighted by Gasteiger charge is 2.25. The van der Waals surface area contributed by atoms with Crippen molar-refractivity contribution in [1.82, 2.24) is 9.78 Å². The Morgan fingerprint density at radius 3 is 2.86 bits per heavy atom. The number of ether oxygens (including phenoxy) is 1. The van der Waals surface area contributed by atoms with Gasteiger partial charge in [0.2, 0.25) is 0 Å². The van der Waals surface area contributed by atoms with Crippen molar-refractivity contribution in [1.29, 1.82) is 0 Å². The van der Waals surface area contributed by atoms with Gasteiger partial charge in [-0.2, -0.15) is 5.10 Å². The first-order chi connectivity index (χ1) is 10.0. The maximum atomic E-state index is 12.2. The summed E-state index contributed by atoms with van der Waals surface area (Å²) in [5.74, 6) is 1.50. The van der Waals surface area contributed by atoms with E-state index in [1.807, 2.05) is 0 Å². The number of rotatable bonds is 5. The molecule has 0 radical (unpaired) electrons. The van der Waals surface area contributed by atoms with E-state index < -0.39 is 0 Å². The number of nitrogens with one attached hydrogen (secondary N) is 1. The monoisotopic (exact) mass is 357 g/mol. The Bertz CT molecular complexity index is 532. The minimum atomic E-state index is -0.116. The minimum Gasteiger partial charge on any atom is -0.383 e. The first kappa shape index (κ1) is 16.5. The molecule has 118 valence electrons. The van der Waals surface area contributed by atoms with Gasteiger partial charge in [0.25, 0.3) is 5.56 Å². The number of nitrogens with zero attached hydrogens (tertiary/aromatic N) is 2. The zero-order valence-corrected chi connectivity index (χ0v) is 14.5. The SMILES string of the molecule is COCCn1ncc(NC2CCC(C)C(C)C2)c(Br)c1=O. The molecule has 0 saturated heterocycles. The molecule has 5 nitrogen and oxygen atoms in total. The molecule has 1 fully saturated rings. The molecule has 3 unspecified atom stereocenters. The Hall–Kier alpha value is -0.880. The first-order valence-electron chi connectivity index (χ1n) is 7.54. The van der Waals surface area contributed by atoms with Gasteiger partial charge in [0.05, 0.1) is 25.0 Å². The number of aromatic nitrogens is 2. The fourth-order valence-electron chi connectivity index (χ4n) is 2.80. The maximum Gasteiger partial charge on any atom is 0.283 e. The first-order valence-corrected chi connectivity index (χ1v) is 8.33. The molecule has 1 aromatic rings. The summed E-state index contributed by atoms with van der Waals surface area (Å²) in [6.07, 6.45) is 5.24. The predicted octanol–water partition coefficient (Wildman–Crippen LogP) is 2.89. The lowest BCUT2D eigenvalue weighted by molar-refractivity contribution is 0.181. The van der Waals surface area contributed by atoms with Crippen LogP contribution in [0.15, 0.2) is 15.5 Å². The molecule has 1 aliphatic rings. The molecule has 1 N–H and O–H groups in total. The van der Waals surface area contributed by atoms with Crippen LogP contribution in [0.3, 0.4) is 0 Å². The predicted molar refractivity (Wildman–Crippen MR) is 87.7 cm³/mol. The summed E-state index contributed by atoms with van der Waals surface area (Å²) in [6.45, 7) is 5.56. The van der Waals surface area contributed by atoms with Gasteiger partial charge in [-0.15, -0.1) is 0 Å². The van der Waals surface area contributed by atoms with Gasteiger partial charge in [-0.3, -0.25) is 4.79 Å². The second kappa shape index (κ2) is 7.40. The number of hydrogen-bond donors (Lipinski definition) is 1. The topological polar surface area (TPSA) is 56.1 Å². The van der Waals surface area contributed by atoms with Crippen LogP contribution in [0.5, 0.6) is 0 Å². The summed E-state index contributed by atoms with van der Waals surface area (Å²) in [5, 5.41) is 7.68. The third-order valence-electron chi connectivity index (χ3n) is 4.45. The van der Waals surface area contributed by atoms with Crippen LogP contribution in [-0.4, -0.2) is 29.5 Å².